The molecule has 0 radical (unpaired) electrons. The van der Waals surface area contributed by atoms with E-state index in [0.29, 0.717) is 6.42 Å². The van der Waals surface area contributed by atoms with E-state index in [0.717, 1.165) is 36.1 Å². The molecule has 1 aromatic heterocycles. The van der Waals surface area contributed by atoms with Crippen LogP contribution in [0.1, 0.15) is 55.4 Å². The van der Waals surface area contributed by atoms with E-state index in [4.69, 9.17) is 4.74 Å². The predicted octanol–water partition coefficient (Wildman–Crippen LogP) is 3.99. The van der Waals surface area contributed by atoms with Crippen molar-refractivity contribution < 1.29 is 14.3 Å². The molecule has 1 aliphatic carbocycles. The van der Waals surface area contributed by atoms with Crippen molar-refractivity contribution in [1.29, 1.82) is 0 Å². The first-order valence-electron chi connectivity index (χ1n) is 10.3. The number of anilines is 1. The lowest BCUT2D eigenvalue weighted by Gasteiger charge is -2.20. The number of amides is 2. The number of nitrogens with zero attached hydrogens (tertiary/aromatic N) is 1. The third-order valence-electron chi connectivity index (χ3n) is 5.17. The van der Waals surface area contributed by atoms with E-state index in [-0.39, 0.29) is 12.5 Å². The van der Waals surface area contributed by atoms with Crippen molar-refractivity contribution in [2.75, 3.05) is 11.9 Å². The first kappa shape index (κ1) is 20.8. The Morgan fingerprint density at radius 2 is 1.97 bits per heavy atom. The highest BCUT2D eigenvalue weighted by molar-refractivity contribution is 5.93. The second-order valence-corrected chi connectivity index (χ2v) is 7.68. The Bertz CT molecular complexity index is 865. The van der Waals surface area contributed by atoms with Crippen LogP contribution in [0.25, 0.3) is 0 Å². The van der Waals surface area contributed by atoms with Gasteiger partial charge in [-0.25, -0.2) is 9.59 Å². The number of carbonyl (C=O) groups excluding carboxylic acids is 2. The Morgan fingerprint density at radius 3 is 2.62 bits per heavy atom. The number of benzene rings is 1. The summed E-state index contributed by atoms with van der Waals surface area (Å²) >= 11 is 0. The van der Waals surface area contributed by atoms with Gasteiger partial charge >= 0.3 is 12.0 Å². The number of esters is 1. The summed E-state index contributed by atoms with van der Waals surface area (Å²) in [7, 11) is 0. The molecule has 2 amide bonds. The summed E-state index contributed by atoms with van der Waals surface area (Å²) < 4.78 is 5.15. The van der Waals surface area contributed by atoms with Crippen molar-refractivity contribution in [2.24, 2.45) is 0 Å². The number of aryl methyl sites for hydroxylation is 2. The number of urea groups is 1. The Morgan fingerprint density at radius 1 is 1.21 bits per heavy atom. The fourth-order valence-corrected chi connectivity index (χ4v) is 3.74. The summed E-state index contributed by atoms with van der Waals surface area (Å²) in [5.41, 5.74) is 5.44. The molecule has 3 rings (SSSR count). The third kappa shape index (κ3) is 5.34. The monoisotopic (exact) mass is 395 g/mol. The summed E-state index contributed by atoms with van der Waals surface area (Å²) in [5, 5.41) is 5.74. The van der Waals surface area contributed by atoms with E-state index >= 15 is 0 Å². The van der Waals surface area contributed by atoms with Crippen LogP contribution in [0, 0.1) is 0 Å². The van der Waals surface area contributed by atoms with Gasteiger partial charge in [-0.1, -0.05) is 26.0 Å². The van der Waals surface area contributed by atoms with Gasteiger partial charge in [-0.2, -0.15) is 0 Å². The molecule has 29 heavy (non-hydrogen) atoms. The molecule has 6 heteroatoms. The minimum atomic E-state index is -0.781. The molecule has 154 valence electrons. The van der Waals surface area contributed by atoms with Crippen LogP contribution in [-0.2, 0) is 28.8 Å². The molecule has 0 fully saturated rings. The van der Waals surface area contributed by atoms with Crippen LogP contribution < -0.4 is 10.6 Å². The van der Waals surface area contributed by atoms with Crippen LogP contribution in [0.2, 0.25) is 0 Å². The molecule has 1 aliphatic rings. The smallest absolute Gasteiger partial charge is 0.329 e. The fraction of sp³-hybridized carbons (Fsp3) is 0.435. The Balaban J connectivity index is 1.75. The summed E-state index contributed by atoms with van der Waals surface area (Å²) in [5.74, 6) is -0.169. The van der Waals surface area contributed by atoms with Crippen LogP contribution in [0.5, 0.6) is 0 Å². The molecule has 0 bridgehead atoms. The van der Waals surface area contributed by atoms with Crippen molar-refractivity contribution in [1.82, 2.24) is 10.3 Å². The number of hydrogen-bond donors (Lipinski definition) is 2. The normalized spacial score (nSPS) is 13.7. The van der Waals surface area contributed by atoms with Crippen molar-refractivity contribution in [2.45, 2.75) is 58.4 Å². The molecular formula is C23H29N3O3. The first-order valence-corrected chi connectivity index (χ1v) is 10.3. The highest BCUT2D eigenvalue weighted by Gasteiger charge is 2.24. The number of hydrogen-bond acceptors (Lipinski definition) is 4. The summed E-state index contributed by atoms with van der Waals surface area (Å²) in [6.07, 6.45) is 6.96. The number of fused-ring (bicyclic) bond motifs is 1. The zero-order chi connectivity index (χ0) is 20.8. The first-order chi connectivity index (χ1) is 14.0. The molecule has 0 spiro atoms. The van der Waals surface area contributed by atoms with E-state index in [1.54, 1.807) is 25.4 Å². The second kappa shape index (κ2) is 9.54. The molecule has 1 aromatic carbocycles. The molecule has 6 nitrogen and oxygen atoms in total. The zero-order valence-corrected chi connectivity index (χ0v) is 17.3. The van der Waals surface area contributed by atoms with Crippen LogP contribution in [-0.4, -0.2) is 29.6 Å². The van der Waals surface area contributed by atoms with Gasteiger partial charge in [-0.3, -0.25) is 4.98 Å². The molecule has 1 atom stereocenters. The molecule has 2 aromatic rings. The minimum Gasteiger partial charge on any atom is -0.464 e. The Labute approximate surface area is 172 Å². The molecule has 0 aliphatic heterocycles. The predicted molar refractivity (Wildman–Crippen MR) is 113 cm³/mol. The largest absolute Gasteiger partial charge is 0.464 e. The molecule has 0 saturated heterocycles. The van der Waals surface area contributed by atoms with Crippen molar-refractivity contribution >= 4 is 17.7 Å². The quantitative estimate of drug-likeness (QED) is 0.695. The van der Waals surface area contributed by atoms with Gasteiger partial charge in [0.05, 0.1) is 6.61 Å². The maximum Gasteiger partial charge on any atom is 0.329 e. The van der Waals surface area contributed by atoms with Gasteiger partial charge in [0.25, 0.3) is 0 Å². The standard InChI is InChI=1S/C23H29N3O3/c1-4-29-22(27)21(11-16-7-6-10-24-14-16)26-23(28)25-20-13-18-9-5-8-17(18)12-19(20)15(2)3/h6-7,10,12-15,21H,4-5,8-9,11H2,1-3H3,(H2,25,26,28). The van der Waals surface area contributed by atoms with Crippen molar-refractivity contribution in [3.63, 3.8) is 0 Å². The number of aromatic nitrogens is 1. The van der Waals surface area contributed by atoms with E-state index in [2.05, 4.69) is 41.6 Å². The van der Waals surface area contributed by atoms with Gasteiger partial charge in [0.2, 0.25) is 0 Å². The van der Waals surface area contributed by atoms with Crippen LogP contribution in [0.4, 0.5) is 10.5 Å². The van der Waals surface area contributed by atoms with Crippen LogP contribution in [0.15, 0.2) is 36.7 Å². The molecule has 2 N–H and O–H groups in total. The van der Waals surface area contributed by atoms with Gasteiger partial charge in [-0.05, 0) is 66.5 Å². The van der Waals surface area contributed by atoms with Gasteiger partial charge < -0.3 is 15.4 Å². The average molecular weight is 396 g/mol. The number of rotatable bonds is 7. The van der Waals surface area contributed by atoms with Gasteiger partial charge in [0.15, 0.2) is 0 Å². The summed E-state index contributed by atoms with van der Waals surface area (Å²) in [6, 6.07) is 6.77. The minimum absolute atomic E-state index is 0.258. The fourth-order valence-electron chi connectivity index (χ4n) is 3.74. The molecule has 1 unspecified atom stereocenters. The van der Waals surface area contributed by atoms with E-state index in [1.165, 1.54) is 11.1 Å². The van der Waals surface area contributed by atoms with E-state index < -0.39 is 18.0 Å². The molecule has 0 saturated carbocycles. The van der Waals surface area contributed by atoms with Crippen molar-refractivity contribution in [3.8, 4) is 0 Å². The Kier molecular flexibility index (Phi) is 6.86. The average Bonchev–Trinajstić information content (AvgIpc) is 3.15. The summed E-state index contributed by atoms with van der Waals surface area (Å²) in [6.45, 7) is 6.24. The van der Waals surface area contributed by atoms with E-state index in [1.807, 2.05) is 6.07 Å². The lowest BCUT2D eigenvalue weighted by Crippen LogP contribution is -2.45. The second-order valence-electron chi connectivity index (χ2n) is 7.68. The number of carbonyl (C=O) groups is 2. The number of pyridine rings is 1. The summed E-state index contributed by atoms with van der Waals surface area (Å²) in [4.78, 5) is 29.2. The van der Waals surface area contributed by atoms with Crippen LogP contribution in [0.3, 0.4) is 0 Å². The highest BCUT2D eigenvalue weighted by atomic mass is 16.5. The van der Waals surface area contributed by atoms with Crippen molar-refractivity contribution in [3.05, 3.63) is 58.9 Å². The van der Waals surface area contributed by atoms with Gasteiger partial charge in [0, 0.05) is 24.5 Å². The van der Waals surface area contributed by atoms with Gasteiger partial charge in [0.1, 0.15) is 6.04 Å². The maximum absolute atomic E-state index is 12.8. The Hall–Kier alpha value is -2.89. The zero-order valence-electron chi connectivity index (χ0n) is 17.3. The number of ether oxygens (including phenoxy) is 1. The van der Waals surface area contributed by atoms with Crippen LogP contribution >= 0.6 is 0 Å². The highest BCUT2D eigenvalue weighted by Crippen LogP contribution is 2.32. The maximum atomic E-state index is 12.8. The molecule has 1 heterocycles. The topological polar surface area (TPSA) is 80.3 Å². The lowest BCUT2D eigenvalue weighted by atomic mass is 9.96. The lowest BCUT2D eigenvalue weighted by molar-refractivity contribution is -0.145. The van der Waals surface area contributed by atoms with E-state index in [9.17, 15) is 9.59 Å². The SMILES string of the molecule is CCOC(=O)C(Cc1cccnc1)NC(=O)Nc1cc2c(cc1C(C)C)CCC2. The molecular weight excluding hydrogens is 366 g/mol. The van der Waals surface area contributed by atoms with Gasteiger partial charge in [-0.15, -0.1) is 0 Å². The third-order valence-corrected chi connectivity index (χ3v) is 5.17. The number of nitrogens with one attached hydrogen (secondary N) is 2.